The molecule has 0 radical (unpaired) electrons. The van der Waals surface area contributed by atoms with Crippen LogP contribution in [-0.4, -0.2) is 45.8 Å². The van der Waals surface area contributed by atoms with Crippen LogP contribution in [0.3, 0.4) is 0 Å². The van der Waals surface area contributed by atoms with Crippen LogP contribution in [0.2, 0.25) is 0 Å². The molecule has 1 aromatic carbocycles. The van der Waals surface area contributed by atoms with Crippen molar-refractivity contribution < 1.29 is 27.9 Å². The Balaban J connectivity index is 1.74. The summed E-state index contributed by atoms with van der Waals surface area (Å²) in [6.07, 6.45) is 3.42. The van der Waals surface area contributed by atoms with Crippen LogP contribution in [0.5, 0.6) is 5.75 Å². The van der Waals surface area contributed by atoms with Gasteiger partial charge in [0.1, 0.15) is 29.2 Å². The van der Waals surface area contributed by atoms with Crippen molar-refractivity contribution in [3.05, 3.63) is 62.8 Å². The second-order valence-corrected chi connectivity index (χ2v) is 9.52. The van der Waals surface area contributed by atoms with Gasteiger partial charge in [0.15, 0.2) is 11.4 Å². The second-order valence-electron chi connectivity index (χ2n) is 9.52. The quantitative estimate of drug-likeness (QED) is 0.665. The molecule has 11 heteroatoms. The lowest BCUT2D eigenvalue weighted by Crippen LogP contribution is -2.63. The smallest absolute Gasteiger partial charge is 0.278 e. The first-order valence-corrected chi connectivity index (χ1v) is 12.0. The van der Waals surface area contributed by atoms with Gasteiger partial charge in [-0.2, -0.15) is 0 Å². The van der Waals surface area contributed by atoms with Crippen molar-refractivity contribution in [2.24, 2.45) is 11.8 Å². The molecule has 4 rings (SSSR count). The SMILES string of the molecule is CCN1C(=O)c2c(O)c(=O)c(C(=O)NCc3c(F)cc(F)cc3F)cn2N2CC(C)[C@@H](C)CCC[C@@H]12. The average molecular weight is 507 g/mol. The van der Waals surface area contributed by atoms with Crippen LogP contribution in [0, 0.1) is 29.3 Å². The number of hydrogen-bond donors (Lipinski definition) is 2. The van der Waals surface area contributed by atoms with E-state index in [1.807, 2.05) is 11.9 Å². The molecule has 36 heavy (non-hydrogen) atoms. The second kappa shape index (κ2) is 9.87. The first-order valence-electron chi connectivity index (χ1n) is 12.0. The van der Waals surface area contributed by atoms with Gasteiger partial charge < -0.3 is 15.3 Å². The van der Waals surface area contributed by atoms with E-state index in [2.05, 4.69) is 19.2 Å². The number of hydrogen-bond acceptors (Lipinski definition) is 5. The summed E-state index contributed by atoms with van der Waals surface area (Å²) >= 11 is 0. The maximum atomic E-state index is 14.0. The summed E-state index contributed by atoms with van der Waals surface area (Å²) in [5.74, 6) is -5.24. The van der Waals surface area contributed by atoms with E-state index < -0.39 is 58.1 Å². The van der Waals surface area contributed by atoms with Gasteiger partial charge in [0.2, 0.25) is 5.43 Å². The van der Waals surface area contributed by atoms with Crippen molar-refractivity contribution in [2.75, 3.05) is 18.1 Å². The number of fused-ring (bicyclic) bond motifs is 3. The summed E-state index contributed by atoms with van der Waals surface area (Å²) in [6, 6.07) is 0.971. The molecule has 3 heterocycles. The monoisotopic (exact) mass is 506 g/mol. The maximum Gasteiger partial charge on any atom is 0.278 e. The lowest BCUT2D eigenvalue weighted by Gasteiger charge is -2.49. The van der Waals surface area contributed by atoms with Gasteiger partial charge in [-0.05, 0) is 31.6 Å². The van der Waals surface area contributed by atoms with Gasteiger partial charge in [-0.1, -0.05) is 20.3 Å². The van der Waals surface area contributed by atoms with Crippen molar-refractivity contribution in [1.82, 2.24) is 14.9 Å². The molecule has 2 amide bonds. The number of nitrogens with zero attached hydrogens (tertiary/aromatic N) is 3. The van der Waals surface area contributed by atoms with Crippen LogP contribution >= 0.6 is 0 Å². The Hall–Kier alpha value is -3.50. The van der Waals surface area contributed by atoms with Crippen LogP contribution in [0.25, 0.3) is 0 Å². The molecule has 1 unspecified atom stereocenters. The van der Waals surface area contributed by atoms with Crippen molar-refractivity contribution in [3.8, 4) is 5.75 Å². The number of halogens is 3. The summed E-state index contributed by atoms with van der Waals surface area (Å²) in [5, 5.41) is 14.9. The molecule has 2 aliphatic heterocycles. The van der Waals surface area contributed by atoms with E-state index in [9.17, 15) is 32.7 Å². The molecule has 3 atom stereocenters. The number of carbonyl (C=O) groups is 2. The molecule has 194 valence electrons. The Bertz CT molecular complexity index is 1240. The van der Waals surface area contributed by atoms with Gasteiger partial charge in [0, 0.05) is 43.5 Å². The Morgan fingerprint density at radius 3 is 2.42 bits per heavy atom. The minimum absolute atomic E-state index is 0.218. The topological polar surface area (TPSA) is 94.9 Å². The standard InChI is InChI=1S/C25H29F3N4O4/c1-4-30-20-7-5-6-13(2)14(3)11-31(20)32-12-17(22(33)23(34)21(32)25(30)36)24(35)29-10-16-18(27)8-15(26)9-19(16)28/h8-9,12-14,20,34H,4-7,10-11H2,1-3H3,(H,29,35)/t13-,14?,20-/m0/s1. The van der Waals surface area contributed by atoms with Gasteiger partial charge in [0.05, 0.1) is 0 Å². The van der Waals surface area contributed by atoms with Crippen molar-refractivity contribution in [3.63, 3.8) is 0 Å². The molecule has 2 aliphatic rings. The van der Waals surface area contributed by atoms with Crippen LogP contribution < -0.4 is 15.8 Å². The first-order chi connectivity index (χ1) is 17.0. The molecule has 2 aromatic rings. The molecule has 1 fully saturated rings. The molecule has 0 saturated carbocycles. The van der Waals surface area contributed by atoms with E-state index in [0.717, 1.165) is 12.8 Å². The lowest BCUT2D eigenvalue weighted by molar-refractivity contribution is 0.0529. The van der Waals surface area contributed by atoms with Gasteiger partial charge in [-0.15, -0.1) is 0 Å². The predicted molar refractivity (Wildman–Crippen MR) is 126 cm³/mol. The third-order valence-corrected chi connectivity index (χ3v) is 7.29. The van der Waals surface area contributed by atoms with Gasteiger partial charge in [0.25, 0.3) is 11.8 Å². The summed E-state index contributed by atoms with van der Waals surface area (Å²) in [5.41, 5.74) is -2.37. The number of benzene rings is 1. The van der Waals surface area contributed by atoms with E-state index in [0.29, 0.717) is 37.6 Å². The number of amides is 2. The van der Waals surface area contributed by atoms with Crippen molar-refractivity contribution >= 4 is 11.8 Å². The number of pyridine rings is 1. The zero-order chi connectivity index (χ0) is 26.3. The number of nitrogens with one attached hydrogen (secondary N) is 1. The predicted octanol–water partition coefficient (Wildman–Crippen LogP) is 3.10. The number of aromatic hydroxyl groups is 1. The third kappa shape index (κ3) is 4.42. The highest BCUT2D eigenvalue weighted by molar-refractivity contribution is 5.99. The van der Waals surface area contributed by atoms with Gasteiger partial charge >= 0.3 is 0 Å². The van der Waals surface area contributed by atoms with Gasteiger partial charge in [-0.25, -0.2) is 13.2 Å². The van der Waals surface area contributed by atoms with E-state index >= 15 is 0 Å². The normalized spacial score (nSPS) is 21.9. The van der Waals surface area contributed by atoms with E-state index in [-0.39, 0.29) is 17.8 Å². The molecule has 1 saturated heterocycles. The fourth-order valence-corrected chi connectivity index (χ4v) is 4.98. The Labute approximate surface area is 206 Å². The lowest BCUT2D eigenvalue weighted by atomic mass is 9.88. The fraction of sp³-hybridized carbons (Fsp3) is 0.480. The van der Waals surface area contributed by atoms with E-state index in [4.69, 9.17) is 0 Å². The molecule has 0 aliphatic carbocycles. The molecule has 0 bridgehead atoms. The highest BCUT2D eigenvalue weighted by Gasteiger charge is 2.41. The zero-order valence-corrected chi connectivity index (χ0v) is 20.4. The third-order valence-electron chi connectivity index (χ3n) is 7.29. The van der Waals surface area contributed by atoms with Crippen molar-refractivity contribution in [2.45, 2.75) is 52.7 Å². The van der Waals surface area contributed by atoms with Crippen LogP contribution in [0.1, 0.15) is 66.4 Å². The minimum Gasteiger partial charge on any atom is -0.502 e. The average Bonchev–Trinajstić information content (AvgIpc) is 2.81. The van der Waals surface area contributed by atoms with Crippen LogP contribution in [-0.2, 0) is 6.54 Å². The molecule has 8 nitrogen and oxygen atoms in total. The Morgan fingerprint density at radius 1 is 1.11 bits per heavy atom. The zero-order valence-electron chi connectivity index (χ0n) is 20.4. The molecule has 2 N–H and O–H groups in total. The molecular formula is C25H29F3N4O4. The Kier molecular flexibility index (Phi) is 7.01. The number of rotatable bonds is 4. The molecule has 1 aromatic heterocycles. The summed E-state index contributed by atoms with van der Waals surface area (Å²) in [7, 11) is 0. The first kappa shape index (κ1) is 25.6. The number of aromatic nitrogens is 1. The number of carbonyl (C=O) groups excluding carboxylic acids is 2. The van der Waals surface area contributed by atoms with Crippen LogP contribution in [0.15, 0.2) is 23.1 Å². The highest BCUT2D eigenvalue weighted by atomic mass is 19.1. The summed E-state index contributed by atoms with van der Waals surface area (Å²) in [4.78, 5) is 40.7. The fourth-order valence-electron chi connectivity index (χ4n) is 4.98. The van der Waals surface area contributed by atoms with Gasteiger partial charge in [-0.3, -0.25) is 24.1 Å². The minimum atomic E-state index is -1.19. The molecule has 0 spiro atoms. The largest absolute Gasteiger partial charge is 0.502 e. The van der Waals surface area contributed by atoms with Crippen molar-refractivity contribution in [1.29, 1.82) is 0 Å². The highest BCUT2D eigenvalue weighted by Crippen LogP contribution is 2.31. The summed E-state index contributed by atoms with van der Waals surface area (Å²) in [6.45, 7) is 6.28. The maximum absolute atomic E-state index is 14.0. The summed E-state index contributed by atoms with van der Waals surface area (Å²) < 4.78 is 42.5. The van der Waals surface area contributed by atoms with E-state index in [1.165, 1.54) is 10.9 Å². The Morgan fingerprint density at radius 2 is 1.78 bits per heavy atom. The van der Waals surface area contributed by atoms with Crippen LogP contribution in [0.4, 0.5) is 13.2 Å². The molecular weight excluding hydrogens is 477 g/mol. The van der Waals surface area contributed by atoms with E-state index in [1.54, 1.807) is 4.90 Å².